The molecule has 0 bridgehead atoms. The number of amides is 1. The van der Waals surface area contributed by atoms with E-state index in [0.717, 1.165) is 18.4 Å². The van der Waals surface area contributed by atoms with Crippen molar-refractivity contribution in [3.05, 3.63) is 46.5 Å². The van der Waals surface area contributed by atoms with Gasteiger partial charge in [-0.05, 0) is 18.6 Å². The fourth-order valence-corrected chi connectivity index (χ4v) is 2.57. The van der Waals surface area contributed by atoms with E-state index in [1.807, 2.05) is 10.8 Å². The monoisotopic (exact) mass is 302 g/mol. The van der Waals surface area contributed by atoms with E-state index in [1.54, 1.807) is 6.20 Å². The van der Waals surface area contributed by atoms with Gasteiger partial charge in [-0.15, -0.1) is 0 Å². The molecule has 1 unspecified atom stereocenters. The van der Waals surface area contributed by atoms with Gasteiger partial charge in [0, 0.05) is 43.0 Å². The zero-order chi connectivity index (χ0) is 15.7. The Bertz CT molecular complexity index is 740. The summed E-state index contributed by atoms with van der Waals surface area (Å²) in [7, 11) is 0. The Morgan fingerprint density at radius 2 is 2.32 bits per heavy atom. The number of fused-ring (bicyclic) bond motifs is 1. The number of carbonyl (C=O) groups is 1. The van der Waals surface area contributed by atoms with Crippen LogP contribution in [0.25, 0.3) is 0 Å². The van der Waals surface area contributed by atoms with Gasteiger partial charge in [-0.25, -0.2) is 4.98 Å². The van der Waals surface area contributed by atoms with Crippen LogP contribution in [0.5, 0.6) is 5.75 Å². The van der Waals surface area contributed by atoms with E-state index < -0.39 is 16.4 Å². The van der Waals surface area contributed by atoms with Gasteiger partial charge in [0.15, 0.2) is 5.75 Å². The van der Waals surface area contributed by atoms with Crippen LogP contribution in [0, 0.1) is 16.0 Å². The van der Waals surface area contributed by atoms with Gasteiger partial charge in [-0.2, -0.15) is 0 Å². The van der Waals surface area contributed by atoms with Crippen LogP contribution < -0.4 is 5.32 Å². The van der Waals surface area contributed by atoms with Crippen molar-refractivity contribution in [3.8, 4) is 5.75 Å². The molecule has 1 amide bonds. The fraction of sp³-hybridized carbons (Fsp3) is 0.286. The minimum Gasteiger partial charge on any atom is -0.502 e. The molecule has 0 aliphatic carbocycles. The summed E-state index contributed by atoms with van der Waals surface area (Å²) < 4.78 is 2.01. The number of hydrogen-bond donors (Lipinski definition) is 2. The van der Waals surface area contributed by atoms with Crippen LogP contribution in [-0.4, -0.2) is 25.5 Å². The van der Waals surface area contributed by atoms with Gasteiger partial charge in [-0.1, -0.05) is 0 Å². The molecular weight excluding hydrogens is 288 g/mol. The summed E-state index contributed by atoms with van der Waals surface area (Å²) in [4.78, 5) is 26.6. The first-order valence-corrected chi connectivity index (χ1v) is 6.83. The number of aromatic nitrogens is 2. The molecule has 114 valence electrons. The second-order valence-electron chi connectivity index (χ2n) is 5.18. The number of benzene rings is 1. The quantitative estimate of drug-likeness (QED) is 0.509. The Hall–Kier alpha value is -2.90. The number of hydrogen-bond acceptors (Lipinski definition) is 5. The number of aryl methyl sites for hydroxylation is 1. The Kier molecular flexibility index (Phi) is 3.50. The maximum absolute atomic E-state index is 12.3. The highest BCUT2D eigenvalue weighted by molar-refractivity contribution is 5.93. The molecule has 8 nitrogen and oxygen atoms in total. The normalized spacial score (nSPS) is 16.8. The number of aromatic hydroxyl groups is 1. The zero-order valence-corrected chi connectivity index (χ0v) is 11.6. The number of anilines is 1. The van der Waals surface area contributed by atoms with E-state index >= 15 is 0 Å². The average Bonchev–Trinajstić information content (AvgIpc) is 2.96. The van der Waals surface area contributed by atoms with E-state index in [2.05, 4.69) is 10.3 Å². The third-order valence-electron chi connectivity index (χ3n) is 3.76. The van der Waals surface area contributed by atoms with Gasteiger partial charge in [0.1, 0.15) is 5.82 Å². The van der Waals surface area contributed by atoms with E-state index in [9.17, 15) is 20.0 Å². The smallest absolute Gasteiger partial charge is 0.312 e. The first kappa shape index (κ1) is 14.1. The predicted octanol–water partition coefficient (Wildman–Crippen LogP) is 1.70. The molecule has 3 rings (SSSR count). The Labute approximate surface area is 125 Å². The van der Waals surface area contributed by atoms with Crippen molar-refractivity contribution in [2.45, 2.75) is 19.4 Å². The molecule has 1 aromatic heterocycles. The number of rotatable bonds is 3. The summed E-state index contributed by atoms with van der Waals surface area (Å²) >= 11 is 0. The molecule has 2 aromatic rings. The fourth-order valence-electron chi connectivity index (χ4n) is 2.57. The Morgan fingerprint density at radius 1 is 1.50 bits per heavy atom. The van der Waals surface area contributed by atoms with Crippen molar-refractivity contribution in [3.63, 3.8) is 0 Å². The number of nitrogens with one attached hydrogen (secondary N) is 1. The lowest BCUT2D eigenvalue weighted by molar-refractivity contribution is -0.385. The molecule has 1 aliphatic rings. The molecule has 8 heteroatoms. The minimum absolute atomic E-state index is 0.200. The SMILES string of the molecule is O=C(Nc1ccc(O)c([N+](=O)[O-])c1)C1CCn2ccnc2C1. The van der Waals surface area contributed by atoms with E-state index in [1.165, 1.54) is 12.1 Å². The summed E-state index contributed by atoms with van der Waals surface area (Å²) in [5.41, 5.74) is -0.139. The highest BCUT2D eigenvalue weighted by Gasteiger charge is 2.26. The summed E-state index contributed by atoms with van der Waals surface area (Å²) in [6, 6.07) is 3.78. The number of imidazole rings is 1. The molecule has 0 fully saturated rings. The Balaban J connectivity index is 1.72. The van der Waals surface area contributed by atoms with Gasteiger partial charge >= 0.3 is 5.69 Å². The molecule has 1 aromatic carbocycles. The lowest BCUT2D eigenvalue weighted by Gasteiger charge is -2.22. The molecule has 1 aliphatic heterocycles. The summed E-state index contributed by atoms with van der Waals surface area (Å²) in [5, 5.41) is 22.9. The molecule has 1 atom stereocenters. The van der Waals surface area contributed by atoms with Crippen molar-refractivity contribution in [1.82, 2.24) is 9.55 Å². The maximum Gasteiger partial charge on any atom is 0.312 e. The van der Waals surface area contributed by atoms with Gasteiger partial charge in [-0.3, -0.25) is 14.9 Å². The summed E-state index contributed by atoms with van der Waals surface area (Å²) in [5.74, 6) is 0.0165. The lowest BCUT2D eigenvalue weighted by Crippen LogP contribution is -2.30. The van der Waals surface area contributed by atoms with Crippen LogP contribution in [0.15, 0.2) is 30.6 Å². The molecule has 0 radical (unpaired) electrons. The third-order valence-corrected chi connectivity index (χ3v) is 3.76. The van der Waals surface area contributed by atoms with Crippen molar-refractivity contribution in [2.24, 2.45) is 5.92 Å². The van der Waals surface area contributed by atoms with Crippen LogP contribution in [0.3, 0.4) is 0 Å². The van der Waals surface area contributed by atoms with Crippen LogP contribution in [-0.2, 0) is 17.8 Å². The van der Waals surface area contributed by atoms with Gasteiger partial charge < -0.3 is 15.0 Å². The van der Waals surface area contributed by atoms with Crippen LogP contribution in [0.4, 0.5) is 11.4 Å². The minimum atomic E-state index is -0.692. The van der Waals surface area contributed by atoms with Crippen LogP contribution >= 0.6 is 0 Å². The number of nitro groups is 1. The van der Waals surface area contributed by atoms with E-state index in [4.69, 9.17) is 0 Å². The molecule has 22 heavy (non-hydrogen) atoms. The number of nitro benzene ring substituents is 1. The molecule has 0 spiro atoms. The molecule has 2 heterocycles. The molecule has 0 saturated carbocycles. The standard InChI is InChI=1S/C14H14N4O4/c19-12-2-1-10(8-11(12)18(21)22)16-14(20)9-3-5-17-6-4-15-13(17)7-9/h1-2,4,6,8-9,19H,3,5,7H2,(H,16,20). The Morgan fingerprint density at radius 3 is 3.09 bits per heavy atom. The number of nitrogens with zero attached hydrogens (tertiary/aromatic N) is 3. The average molecular weight is 302 g/mol. The van der Waals surface area contributed by atoms with Crippen molar-refractivity contribution >= 4 is 17.3 Å². The zero-order valence-electron chi connectivity index (χ0n) is 11.6. The maximum atomic E-state index is 12.3. The first-order chi connectivity index (χ1) is 10.5. The highest BCUT2D eigenvalue weighted by Crippen LogP contribution is 2.29. The molecule has 0 saturated heterocycles. The first-order valence-electron chi connectivity index (χ1n) is 6.83. The number of carbonyl (C=O) groups excluding carboxylic acids is 1. The highest BCUT2D eigenvalue weighted by atomic mass is 16.6. The second-order valence-corrected chi connectivity index (χ2v) is 5.18. The van der Waals surface area contributed by atoms with Crippen LogP contribution in [0.2, 0.25) is 0 Å². The van der Waals surface area contributed by atoms with Gasteiger partial charge in [0.2, 0.25) is 5.91 Å². The van der Waals surface area contributed by atoms with Crippen LogP contribution in [0.1, 0.15) is 12.2 Å². The van der Waals surface area contributed by atoms with Crippen molar-refractivity contribution < 1.29 is 14.8 Å². The number of phenols is 1. The van der Waals surface area contributed by atoms with Gasteiger partial charge in [0.25, 0.3) is 0 Å². The van der Waals surface area contributed by atoms with E-state index in [-0.39, 0.29) is 11.8 Å². The summed E-state index contributed by atoms with van der Waals surface area (Å²) in [6.45, 7) is 0.725. The van der Waals surface area contributed by atoms with E-state index in [0.29, 0.717) is 18.5 Å². The van der Waals surface area contributed by atoms with Gasteiger partial charge in [0.05, 0.1) is 4.92 Å². The third kappa shape index (κ3) is 2.62. The summed E-state index contributed by atoms with van der Waals surface area (Å²) in [6.07, 6.45) is 4.82. The van der Waals surface area contributed by atoms with Crippen molar-refractivity contribution in [1.29, 1.82) is 0 Å². The second kappa shape index (κ2) is 5.47. The largest absolute Gasteiger partial charge is 0.502 e. The molecular formula is C14H14N4O4. The lowest BCUT2D eigenvalue weighted by atomic mass is 9.97. The van der Waals surface area contributed by atoms with Crippen molar-refractivity contribution in [2.75, 3.05) is 5.32 Å². The number of phenolic OH excluding ortho intramolecular Hbond substituents is 1. The topological polar surface area (TPSA) is 110 Å². The predicted molar refractivity (Wildman–Crippen MR) is 77.4 cm³/mol. The molecule has 2 N–H and O–H groups in total.